The van der Waals surface area contributed by atoms with Gasteiger partial charge >= 0.3 is 0 Å². The van der Waals surface area contributed by atoms with E-state index in [-0.39, 0.29) is 0 Å². The number of nitrogens with one attached hydrogen (secondary N) is 1. The van der Waals surface area contributed by atoms with Gasteiger partial charge in [0, 0.05) is 37.3 Å². The van der Waals surface area contributed by atoms with Gasteiger partial charge in [-0.15, -0.1) is 0 Å². The van der Waals surface area contributed by atoms with Crippen LogP contribution in [0.3, 0.4) is 0 Å². The van der Waals surface area contributed by atoms with Crippen molar-refractivity contribution in [3.63, 3.8) is 0 Å². The minimum atomic E-state index is 0.334. The van der Waals surface area contributed by atoms with Crippen LogP contribution in [-0.2, 0) is 18.3 Å². The van der Waals surface area contributed by atoms with Crippen LogP contribution in [0.4, 0.5) is 0 Å². The third kappa shape index (κ3) is 2.87. The summed E-state index contributed by atoms with van der Waals surface area (Å²) in [5, 5.41) is 8.03. The van der Waals surface area contributed by atoms with Crippen molar-refractivity contribution in [2.24, 2.45) is 12.5 Å². The van der Waals surface area contributed by atoms with Gasteiger partial charge in [-0.3, -0.25) is 4.68 Å². The number of hydrogen-bond donors (Lipinski definition) is 1. The maximum absolute atomic E-state index is 5.25. The number of ether oxygens (including phenoxy) is 1. The summed E-state index contributed by atoms with van der Waals surface area (Å²) in [4.78, 5) is 0. The lowest BCUT2D eigenvalue weighted by Gasteiger charge is -2.38. The van der Waals surface area contributed by atoms with Gasteiger partial charge in [-0.1, -0.05) is 20.8 Å². The van der Waals surface area contributed by atoms with E-state index in [9.17, 15) is 0 Å². The minimum absolute atomic E-state index is 0.334. The number of aryl methyl sites for hydroxylation is 1. The maximum Gasteiger partial charge on any atom is 0.0694 e. The first kappa shape index (κ1) is 12.6. The second-order valence-electron chi connectivity index (χ2n) is 5.77. The molecule has 0 amide bonds. The van der Waals surface area contributed by atoms with Crippen LogP contribution in [0.15, 0.2) is 6.20 Å². The first-order chi connectivity index (χ1) is 8.00. The third-order valence-corrected chi connectivity index (χ3v) is 3.25. The monoisotopic (exact) mass is 237 g/mol. The predicted octanol–water partition coefficient (Wildman–Crippen LogP) is 1.67. The van der Waals surface area contributed by atoms with E-state index >= 15 is 0 Å². The van der Waals surface area contributed by atoms with E-state index in [4.69, 9.17) is 4.74 Å². The Labute approximate surface area is 103 Å². The Morgan fingerprint density at radius 1 is 1.53 bits per heavy atom. The lowest BCUT2D eigenvalue weighted by atomic mass is 9.89. The second kappa shape index (κ2) is 4.78. The Kier molecular flexibility index (Phi) is 3.54. The molecular formula is C13H23N3O. The summed E-state index contributed by atoms with van der Waals surface area (Å²) >= 11 is 0. The van der Waals surface area contributed by atoms with E-state index in [0.29, 0.717) is 11.3 Å². The Balaban J connectivity index is 1.89. The number of rotatable bonds is 5. The van der Waals surface area contributed by atoms with Gasteiger partial charge in [0.1, 0.15) is 0 Å². The molecule has 4 heteroatoms. The fourth-order valence-corrected chi connectivity index (χ4v) is 2.23. The van der Waals surface area contributed by atoms with E-state index in [1.165, 1.54) is 11.3 Å². The van der Waals surface area contributed by atoms with Crippen molar-refractivity contribution in [2.75, 3.05) is 19.8 Å². The second-order valence-corrected chi connectivity index (χ2v) is 5.77. The molecule has 1 fully saturated rings. The molecule has 0 unspecified atom stereocenters. The highest BCUT2D eigenvalue weighted by Gasteiger charge is 2.32. The van der Waals surface area contributed by atoms with Gasteiger partial charge in [-0.2, -0.15) is 5.10 Å². The zero-order chi connectivity index (χ0) is 12.5. The van der Waals surface area contributed by atoms with E-state index < -0.39 is 0 Å². The fourth-order valence-electron chi connectivity index (χ4n) is 2.23. The standard InChI is InChI=1S/C13H23N3O/c1-10(2)12-11(6-16(4)15-12)5-14-7-13(3)8-17-9-13/h6,10,14H,5,7-9H2,1-4H3. The molecule has 2 heterocycles. The van der Waals surface area contributed by atoms with Crippen molar-refractivity contribution in [2.45, 2.75) is 33.2 Å². The summed E-state index contributed by atoms with van der Waals surface area (Å²) in [5.41, 5.74) is 2.85. The summed E-state index contributed by atoms with van der Waals surface area (Å²) in [5.74, 6) is 0.482. The topological polar surface area (TPSA) is 39.1 Å². The Hall–Kier alpha value is -0.870. The van der Waals surface area contributed by atoms with Gasteiger partial charge in [0.25, 0.3) is 0 Å². The highest BCUT2D eigenvalue weighted by Crippen LogP contribution is 2.25. The molecule has 17 heavy (non-hydrogen) atoms. The number of aromatic nitrogens is 2. The quantitative estimate of drug-likeness (QED) is 0.846. The smallest absolute Gasteiger partial charge is 0.0694 e. The molecule has 1 N–H and O–H groups in total. The first-order valence-electron chi connectivity index (χ1n) is 6.31. The molecular weight excluding hydrogens is 214 g/mol. The molecule has 1 aromatic rings. The lowest BCUT2D eigenvalue weighted by Crippen LogP contribution is -2.47. The predicted molar refractivity (Wildman–Crippen MR) is 67.9 cm³/mol. The van der Waals surface area contributed by atoms with Crippen LogP contribution in [0, 0.1) is 5.41 Å². The van der Waals surface area contributed by atoms with Crippen LogP contribution in [0.25, 0.3) is 0 Å². The molecule has 0 atom stereocenters. The summed E-state index contributed by atoms with van der Waals surface area (Å²) in [6.45, 7) is 10.3. The highest BCUT2D eigenvalue weighted by molar-refractivity contribution is 5.20. The van der Waals surface area contributed by atoms with Crippen LogP contribution in [-0.4, -0.2) is 29.5 Å². The zero-order valence-electron chi connectivity index (χ0n) is 11.3. The van der Waals surface area contributed by atoms with Gasteiger partial charge in [0.2, 0.25) is 0 Å². The molecule has 2 rings (SSSR count). The van der Waals surface area contributed by atoms with Gasteiger partial charge in [0.05, 0.1) is 18.9 Å². The minimum Gasteiger partial charge on any atom is -0.380 e. The molecule has 0 radical (unpaired) electrons. The zero-order valence-corrected chi connectivity index (χ0v) is 11.3. The third-order valence-electron chi connectivity index (χ3n) is 3.25. The van der Waals surface area contributed by atoms with Gasteiger partial charge < -0.3 is 10.1 Å². The molecule has 96 valence electrons. The van der Waals surface area contributed by atoms with E-state index in [1.807, 2.05) is 11.7 Å². The van der Waals surface area contributed by atoms with E-state index in [0.717, 1.165) is 26.3 Å². The van der Waals surface area contributed by atoms with Crippen LogP contribution in [0.1, 0.15) is 37.9 Å². The molecule has 0 spiro atoms. The Bertz CT molecular complexity index is 380. The molecule has 4 nitrogen and oxygen atoms in total. The van der Waals surface area contributed by atoms with Crippen molar-refractivity contribution >= 4 is 0 Å². The van der Waals surface area contributed by atoms with Crippen molar-refractivity contribution < 1.29 is 4.74 Å². The molecule has 1 saturated heterocycles. The molecule has 0 saturated carbocycles. The van der Waals surface area contributed by atoms with Crippen LogP contribution in [0.2, 0.25) is 0 Å². The summed E-state index contributed by atoms with van der Waals surface area (Å²) in [6.07, 6.45) is 2.11. The van der Waals surface area contributed by atoms with Crippen molar-refractivity contribution in [3.05, 3.63) is 17.5 Å². The van der Waals surface area contributed by atoms with Gasteiger partial charge in [-0.05, 0) is 5.92 Å². The average molecular weight is 237 g/mol. The molecule has 0 bridgehead atoms. The lowest BCUT2D eigenvalue weighted by molar-refractivity contribution is -0.0991. The largest absolute Gasteiger partial charge is 0.380 e. The average Bonchev–Trinajstić information content (AvgIpc) is 2.57. The Morgan fingerprint density at radius 3 is 2.76 bits per heavy atom. The molecule has 0 aliphatic carbocycles. The van der Waals surface area contributed by atoms with Crippen LogP contribution < -0.4 is 5.32 Å². The molecule has 1 aliphatic rings. The van der Waals surface area contributed by atoms with Gasteiger partial charge in [-0.25, -0.2) is 0 Å². The summed E-state index contributed by atoms with van der Waals surface area (Å²) in [7, 11) is 1.98. The van der Waals surface area contributed by atoms with Crippen molar-refractivity contribution in [1.29, 1.82) is 0 Å². The van der Waals surface area contributed by atoms with Crippen LogP contribution >= 0.6 is 0 Å². The molecule has 1 aliphatic heterocycles. The summed E-state index contributed by atoms with van der Waals surface area (Å²) < 4.78 is 7.15. The van der Waals surface area contributed by atoms with Gasteiger partial charge in [0.15, 0.2) is 0 Å². The molecule has 0 aromatic carbocycles. The SMILES string of the molecule is CC(C)c1nn(C)cc1CNCC1(C)COC1. The van der Waals surface area contributed by atoms with E-state index in [2.05, 4.69) is 37.4 Å². The van der Waals surface area contributed by atoms with Crippen molar-refractivity contribution in [1.82, 2.24) is 15.1 Å². The summed E-state index contributed by atoms with van der Waals surface area (Å²) in [6, 6.07) is 0. The number of hydrogen-bond acceptors (Lipinski definition) is 3. The normalized spacial score (nSPS) is 18.4. The van der Waals surface area contributed by atoms with Crippen LogP contribution in [0.5, 0.6) is 0 Å². The van der Waals surface area contributed by atoms with E-state index in [1.54, 1.807) is 0 Å². The first-order valence-corrected chi connectivity index (χ1v) is 6.31. The van der Waals surface area contributed by atoms with Crippen molar-refractivity contribution in [3.8, 4) is 0 Å². The maximum atomic E-state index is 5.25. The fraction of sp³-hybridized carbons (Fsp3) is 0.769. The highest BCUT2D eigenvalue weighted by atomic mass is 16.5. The number of nitrogens with zero attached hydrogens (tertiary/aromatic N) is 2. The molecule has 1 aromatic heterocycles. The Morgan fingerprint density at radius 2 is 2.24 bits per heavy atom.